The Bertz CT molecular complexity index is 913. The number of carbonyl (C=O) groups is 1. The molecule has 0 aliphatic carbocycles. The fraction of sp³-hybridized carbons (Fsp3) is 0.176. The van der Waals surface area contributed by atoms with Gasteiger partial charge in [0.05, 0.1) is 24.4 Å². The van der Waals surface area contributed by atoms with Gasteiger partial charge in [-0.1, -0.05) is 29.8 Å². The van der Waals surface area contributed by atoms with Gasteiger partial charge in [0.15, 0.2) is 0 Å². The van der Waals surface area contributed by atoms with E-state index in [2.05, 4.69) is 20.3 Å². The second kappa shape index (κ2) is 7.58. The summed E-state index contributed by atoms with van der Waals surface area (Å²) in [5, 5.41) is 4.32. The first-order valence-corrected chi connectivity index (χ1v) is 8.63. The third-order valence-electron chi connectivity index (χ3n) is 3.49. The summed E-state index contributed by atoms with van der Waals surface area (Å²) < 4.78 is 5.00. The molecule has 1 amide bonds. The molecule has 0 aliphatic rings. The van der Waals surface area contributed by atoms with Crippen molar-refractivity contribution >= 4 is 28.8 Å². The van der Waals surface area contributed by atoms with Crippen LogP contribution in [0.4, 0.5) is 0 Å². The second-order valence-corrected chi connectivity index (χ2v) is 6.63. The van der Waals surface area contributed by atoms with Crippen LogP contribution in [0, 0.1) is 6.92 Å². The summed E-state index contributed by atoms with van der Waals surface area (Å²) in [6, 6.07) is 9.04. The van der Waals surface area contributed by atoms with Crippen LogP contribution < -0.4 is 10.1 Å². The largest absolute Gasteiger partial charge is 0.481 e. The summed E-state index contributed by atoms with van der Waals surface area (Å²) >= 11 is 7.73. The van der Waals surface area contributed by atoms with Crippen LogP contribution in [0.1, 0.15) is 21.1 Å². The summed E-state index contributed by atoms with van der Waals surface area (Å²) in [6.45, 7) is 2.27. The zero-order chi connectivity index (χ0) is 17.8. The number of rotatable bonds is 5. The van der Waals surface area contributed by atoms with Crippen LogP contribution >= 0.6 is 22.9 Å². The first-order valence-electron chi connectivity index (χ1n) is 7.44. The van der Waals surface area contributed by atoms with Crippen LogP contribution in [0.5, 0.6) is 5.88 Å². The lowest BCUT2D eigenvalue weighted by molar-refractivity contribution is 0.0945. The fourth-order valence-corrected chi connectivity index (χ4v) is 3.49. The van der Waals surface area contributed by atoms with Crippen LogP contribution in [-0.2, 0) is 6.54 Å². The molecule has 2 aromatic heterocycles. The molecular formula is C17H15ClN4O2S. The standard InChI is InChI=1S/C17H15ClN4O2S/c1-10-14(25-17(22-10)11-5-3-4-6-12(11)18)8-19-16(23)13-7-15(24-2)21-9-20-13/h3-7,9H,8H2,1-2H3,(H,19,23). The summed E-state index contributed by atoms with van der Waals surface area (Å²) in [6.07, 6.45) is 1.29. The van der Waals surface area contributed by atoms with Gasteiger partial charge in [-0.2, -0.15) is 0 Å². The lowest BCUT2D eigenvalue weighted by atomic mass is 10.2. The van der Waals surface area contributed by atoms with Gasteiger partial charge < -0.3 is 10.1 Å². The number of aromatic nitrogens is 3. The Balaban J connectivity index is 1.73. The number of methoxy groups -OCH3 is 1. The number of nitrogens with one attached hydrogen (secondary N) is 1. The van der Waals surface area contributed by atoms with Gasteiger partial charge in [0.1, 0.15) is 17.0 Å². The number of nitrogens with zero attached hydrogens (tertiary/aromatic N) is 3. The number of hydrogen-bond donors (Lipinski definition) is 1. The van der Waals surface area contributed by atoms with Gasteiger partial charge in [-0.15, -0.1) is 11.3 Å². The lowest BCUT2D eigenvalue weighted by Gasteiger charge is -2.04. The Morgan fingerprint density at radius 3 is 2.88 bits per heavy atom. The van der Waals surface area contributed by atoms with Crippen LogP contribution in [0.2, 0.25) is 5.02 Å². The third kappa shape index (κ3) is 3.94. The van der Waals surface area contributed by atoms with E-state index in [1.807, 2.05) is 31.2 Å². The molecular weight excluding hydrogens is 360 g/mol. The number of carbonyl (C=O) groups excluding carboxylic acids is 1. The van der Waals surface area contributed by atoms with Gasteiger partial charge in [-0.3, -0.25) is 4.79 Å². The van der Waals surface area contributed by atoms with E-state index in [4.69, 9.17) is 16.3 Å². The normalized spacial score (nSPS) is 10.5. The van der Waals surface area contributed by atoms with Crippen LogP contribution in [0.25, 0.3) is 10.6 Å². The molecule has 8 heteroatoms. The van der Waals surface area contributed by atoms with Crippen molar-refractivity contribution in [3.63, 3.8) is 0 Å². The van der Waals surface area contributed by atoms with Gasteiger partial charge in [-0.05, 0) is 13.0 Å². The number of ether oxygens (including phenoxy) is 1. The maximum Gasteiger partial charge on any atom is 0.270 e. The highest BCUT2D eigenvalue weighted by molar-refractivity contribution is 7.15. The number of hydrogen-bond acceptors (Lipinski definition) is 6. The SMILES string of the molecule is COc1cc(C(=O)NCc2sc(-c3ccccc3Cl)nc2C)ncn1. The van der Waals surface area contributed by atoms with Crippen molar-refractivity contribution in [3.8, 4) is 16.5 Å². The second-order valence-electron chi connectivity index (χ2n) is 5.14. The molecule has 6 nitrogen and oxygen atoms in total. The number of thiazole rings is 1. The average Bonchev–Trinajstić information content (AvgIpc) is 3.00. The smallest absolute Gasteiger partial charge is 0.270 e. The van der Waals surface area contributed by atoms with E-state index in [9.17, 15) is 4.79 Å². The fourth-order valence-electron chi connectivity index (χ4n) is 2.17. The number of benzene rings is 1. The molecule has 1 N–H and O–H groups in total. The number of halogens is 1. The quantitative estimate of drug-likeness (QED) is 0.739. The predicted molar refractivity (Wildman–Crippen MR) is 97.1 cm³/mol. The molecule has 128 valence electrons. The first-order chi connectivity index (χ1) is 12.1. The molecule has 0 saturated heterocycles. The first kappa shape index (κ1) is 17.3. The lowest BCUT2D eigenvalue weighted by Crippen LogP contribution is -2.23. The highest BCUT2D eigenvalue weighted by atomic mass is 35.5. The molecule has 3 rings (SSSR count). The molecule has 0 spiro atoms. The van der Waals surface area contributed by atoms with E-state index < -0.39 is 0 Å². The van der Waals surface area contributed by atoms with Crippen molar-refractivity contribution in [1.29, 1.82) is 0 Å². The average molecular weight is 375 g/mol. The Labute approximate surface area is 153 Å². The van der Waals surface area contributed by atoms with Crippen molar-refractivity contribution in [1.82, 2.24) is 20.3 Å². The maximum atomic E-state index is 12.2. The van der Waals surface area contributed by atoms with Crippen molar-refractivity contribution in [2.75, 3.05) is 7.11 Å². The van der Waals surface area contributed by atoms with Crippen LogP contribution in [-0.4, -0.2) is 28.0 Å². The Morgan fingerprint density at radius 1 is 1.32 bits per heavy atom. The van der Waals surface area contributed by atoms with E-state index in [-0.39, 0.29) is 11.6 Å². The molecule has 2 heterocycles. The van der Waals surface area contributed by atoms with E-state index in [0.717, 1.165) is 21.1 Å². The van der Waals surface area contributed by atoms with E-state index in [0.29, 0.717) is 17.4 Å². The van der Waals surface area contributed by atoms with Gasteiger partial charge in [0.25, 0.3) is 5.91 Å². The van der Waals surface area contributed by atoms with Crippen molar-refractivity contribution in [2.24, 2.45) is 0 Å². The Kier molecular flexibility index (Phi) is 5.25. The minimum absolute atomic E-state index is 0.250. The molecule has 25 heavy (non-hydrogen) atoms. The van der Waals surface area contributed by atoms with Crippen LogP contribution in [0.3, 0.4) is 0 Å². The Morgan fingerprint density at radius 2 is 2.12 bits per heavy atom. The molecule has 1 aromatic carbocycles. The Hall–Kier alpha value is -2.51. The van der Waals surface area contributed by atoms with Gasteiger partial charge in [0, 0.05) is 16.5 Å². The molecule has 3 aromatic rings. The van der Waals surface area contributed by atoms with Gasteiger partial charge in [0.2, 0.25) is 5.88 Å². The van der Waals surface area contributed by atoms with Crippen molar-refractivity contribution in [3.05, 3.63) is 57.9 Å². The van der Waals surface area contributed by atoms with Crippen molar-refractivity contribution < 1.29 is 9.53 Å². The summed E-state index contributed by atoms with van der Waals surface area (Å²) in [7, 11) is 1.49. The van der Waals surface area contributed by atoms with Gasteiger partial charge >= 0.3 is 0 Å². The molecule has 0 aliphatic heterocycles. The summed E-state index contributed by atoms with van der Waals surface area (Å²) in [5.41, 5.74) is 2.00. The van der Waals surface area contributed by atoms with E-state index in [1.165, 1.54) is 30.8 Å². The highest BCUT2D eigenvalue weighted by Crippen LogP contribution is 2.32. The monoisotopic (exact) mass is 374 g/mol. The topological polar surface area (TPSA) is 77.0 Å². The molecule has 0 fully saturated rings. The molecule has 0 bridgehead atoms. The van der Waals surface area contributed by atoms with Crippen molar-refractivity contribution in [2.45, 2.75) is 13.5 Å². The zero-order valence-electron chi connectivity index (χ0n) is 13.6. The van der Waals surface area contributed by atoms with E-state index >= 15 is 0 Å². The molecule has 0 saturated carbocycles. The van der Waals surface area contributed by atoms with E-state index in [1.54, 1.807) is 0 Å². The molecule has 0 radical (unpaired) electrons. The summed E-state index contributed by atoms with van der Waals surface area (Å²) in [4.78, 5) is 25.6. The number of aryl methyl sites for hydroxylation is 1. The van der Waals surface area contributed by atoms with Crippen LogP contribution in [0.15, 0.2) is 36.7 Å². The summed E-state index contributed by atoms with van der Waals surface area (Å²) in [5.74, 6) is 0.0444. The molecule has 0 atom stereocenters. The highest BCUT2D eigenvalue weighted by Gasteiger charge is 2.14. The minimum Gasteiger partial charge on any atom is -0.481 e. The minimum atomic E-state index is -0.298. The zero-order valence-corrected chi connectivity index (χ0v) is 15.2. The predicted octanol–water partition coefficient (Wildman–Crippen LogP) is 3.50. The van der Waals surface area contributed by atoms with Gasteiger partial charge in [-0.25, -0.2) is 15.0 Å². The maximum absolute atomic E-state index is 12.2. The number of amides is 1. The third-order valence-corrected chi connectivity index (χ3v) is 5.01. The molecule has 0 unspecified atom stereocenters.